The summed E-state index contributed by atoms with van der Waals surface area (Å²) in [7, 11) is 0. The summed E-state index contributed by atoms with van der Waals surface area (Å²) >= 11 is 0. The average molecular weight is 403 g/mol. The summed E-state index contributed by atoms with van der Waals surface area (Å²) in [5.74, 6) is 0.489. The van der Waals surface area contributed by atoms with E-state index in [1.165, 1.54) is 6.92 Å². The molecule has 5 heteroatoms. The molecule has 5 nitrogen and oxygen atoms in total. The summed E-state index contributed by atoms with van der Waals surface area (Å²) in [4.78, 5) is 36.9. The Hall–Kier alpha value is -1.49. The molecule has 3 fully saturated rings. The van der Waals surface area contributed by atoms with Crippen LogP contribution in [0.15, 0.2) is 11.6 Å². The van der Waals surface area contributed by atoms with Crippen LogP contribution in [0.5, 0.6) is 0 Å². The van der Waals surface area contributed by atoms with Gasteiger partial charge in [0.05, 0.1) is 5.60 Å². The van der Waals surface area contributed by atoms with Crippen LogP contribution in [0, 0.1) is 28.6 Å². The Labute approximate surface area is 173 Å². The summed E-state index contributed by atoms with van der Waals surface area (Å²) in [5, 5.41) is 11.4. The molecular weight excluding hydrogens is 368 g/mol. The quantitative estimate of drug-likeness (QED) is 0.711. The maximum Gasteiger partial charge on any atom is 0.303 e. The molecule has 0 heterocycles. The fourth-order valence-corrected chi connectivity index (χ4v) is 8.06. The van der Waals surface area contributed by atoms with Gasteiger partial charge in [0.1, 0.15) is 0 Å². The van der Waals surface area contributed by atoms with Gasteiger partial charge in [-0.3, -0.25) is 14.4 Å². The number of ketones is 2. The molecule has 29 heavy (non-hydrogen) atoms. The highest BCUT2D eigenvalue weighted by Crippen LogP contribution is 2.69. The number of rotatable bonds is 2. The van der Waals surface area contributed by atoms with Gasteiger partial charge in [-0.1, -0.05) is 13.8 Å². The van der Waals surface area contributed by atoms with Crippen LogP contribution in [0.3, 0.4) is 0 Å². The van der Waals surface area contributed by atoms with Crippen molar-refractivity contribution in [3.05, 3.63) is 11.6 Å². The van der Waals surface area contributed by atoms with Crippen LogP contribution in [-0.4, -0.2) is 33.8 Å². The van der Waals surface area contributed by atoms with Gasteiger partial charge in [-0.25, -0.2) is 0 Å². The number of hydrogen-bond donors (Lipinski definition) is 1. The Morgan fingerprint density at radius 1 is 1.07 bits per heavy atom. The molecule has 0 saturated heterocycles. The Kier molecular flexibility index (Phi) is 4.48. The highest BCUT2D eigenvalue weighted by atomic mass is 16.6. The second-order valence-electron chi connectivity index (χ2n) is 10.8. The number of carbonyl (C=O) groups excluding carboxylic acids is 3. The van der Waals surface area contributed by atoms with E-state index in [1.54, 1.807) is 13.0 Å². The molecule has 4 aliphatic carbocycles. The van der Waals surface area contributed by atoms with E-state index in [4.69, 9.17) is 4.74 Å². The van der Waals surface area contributed by atoms with Crippen LogP contribution in [0.4, 0.5) is 0 Å². The third-order valence-electron chi connectivity index (χ3n) is 9.29. The van der Waals surface area contributed by atoms with E-state index in [9.17, 15) is 19.5 Å². The highest BCUT2D eigenvalue weighted by molar-refractivity contribution is 5.92. The van der Waals surface area contributed by atoms with E-state index in [2.05, 4.69) is 13.8 Å². The number of carbonyl (C=O) groups is 3. The Balaban J connectivity index is 1.77. The minimum Gasteiger partial charge on any atom is -0.451 e. The van der Waals surface area contributed by atoms with Crippen molar-refractivity contribution in [2.75, 3.05) is 0 Å². The lowest BCUT2D eigenvalue weighted by atomic mass is 9.44. The van der Waals surface area contributed by atoms with Gasteiger partial charge in [0, 0.05) is 18.8 Å². The molecule has 160 valence electrons. The van der Waals surface area contributed by atoms with Crippen LogP contribution in [0.25, 0.3) is 0 Å². The fourth-order valence-electron chi connectivity index (χ4n) is 8.06. The first-order valence-electron chi connectivity index (χ1n) is 11.1. The zero-order valence-electron chi connectivity index (χ0n) is 18.3. The summed E-state index contributed by atoms with van der Waals surface area (Å²) in [6.07, 6.45) is 6.76. The third kappa shape index (κ3) is 2.65. The van der Waals surface area contributed by atoms with Gasteiger partial charge in [0.25, 0.3) is 0 Å². The lowest BCUT2D eigenvalue weighted by Crippen LogP contribution is -2.61. The third-order valence-corrected chi connectivity index (χ3v) is 9.29. The van der Waals surface area contributed by atoms with E-state index < -0.39 is 22.6 Å². The zero-order valence-corrected chi connectivity index (χ0v) is 18.3. The van der Waals surface area contributed by atoms with E-state index >= 15 is 0 Å². The van der Waals surface area contributed by atoms with Crippen LogP contribution < -0.4 is 0 Å². The van der Waals surface area contributed by atoms with Crippen LogP contribution in [0.2, 0.25) is 0 Å². The van der Waals surface area contributed by atoms with E-state index in [-0.39, 0.29) is 28.8 Å². The predicted molar refractivity (Wildman–Crippen MR) is 108 cm³/mol. The maximum absolute atomic E-state index is 12.8. The second-order valence-corrected chi connectivity index (χ2v) is 10.8. The number of ether oxygens (including phenoxy) is 1. The van der Waals surface area contributed by atoms with Crippen molar-refractivity contribution < 1.29 is 24.2 Å². The molecule has 4 aliphatic rings. The molecule has 0 aromatic rings. The minimum absolute atomic E-state index is 0.0613. The van der Waals surface area contributed by atoms with Gasteiger partial charge >= 0.3 is 5.97 Å². The first-order chi connectivity index (χ1) is 13.4. The molecule has 4 rings (SSSR count). The van der Waals surface area contributed by atoms with Crippen molar-refractivity contribution in [3.63, 3.8) is 0 Å². The van der Waals surface area contributed by atoms with Gasteiger partial charge in [0.15, 0.2) is 17.2 Å². The maximum atomic E-state index is 12.8. The number of hydrogen-bond acceptors (Lipinski definition) is 5. The van der Waals surface area contributed by atoms with Crippen molar-refractivity contribution >= 4 is 17.5 Å². The lowest BCUT2D eigenvalue weighted by molar-refractivity contribution is -0.190. The highest BCUT2D eigenvalue weighted by Gasteiger charge is 2.69. The molecule has 0 radical (unpaired) electrons. The van der Waals surface area contributed by atoms with Gasteiger partial charge < -0.3 is 9.84 Å². The first-order valence-corrected chi connectivity index (χ1v) is 11.1. The number of Topliss-reactive ketones (excluding diaryl/α,β-unsaturated/α-hetero) is 1. The average Bonchev–Trinajstić information content (AvgIpc) is 2.90. The van der Waals surface area contributed by atoms with Gasteiger partial charge in [-0.15, -0.1) is 0 Å². The Bertz CT molecular complexity index is 810. The van der Waals surface area contributed by atoms with Crippen LogP contribution in [0.1, 0.15) is 79.6 Å². The van der Waals surface area contributed by atoms with Crippen molar-refractivity contribution in [2.24, 2.45) is 28.6 Å². The summed E-state index contributed by atoms with van der Waals surface area (Å²) < 4.78 is 5.80. The SMILES string of the molecule is CC(=O)O[C@]1(C(C)=O)CC[C@H]2[C@@H]3CC(C)(O)C4=CC(=O)CC[C@]4(C)[C@H]3CC[C@@]21C. The van der Waals surface area contributed by atoms with E-state index in [0.717, 1.165) is 31.3 Å². The van der Waals surface area contributed by atoms with E-state index in [1.807, 2.05) is 6.92 Å². The molecule has 0 amide bonds. The molecule has 3 saturated carbocycles. The molecular formula is C24H34O5. The summed E-state index contributed by atoms with van der Waals surface area (Å²) in [5.41, 5.74) is -1.77. The molecule has 1 N–H and O–H groups in total. The molecule has 0 aliphatic heterocycles. The first kappa shape index (κ1) is 20.8. The fraction of sp³-hybridized carbons (Fsp3) is 0.792. The van der Waals surface area contributed by atoms with E-state index in [0.29, 0.717) is 25.2 Å². The molecule has 0 aromatic heterocycles. The number of aliphatic hydroxyl groups is 1. The van der Waals surface area contributed by atoms with Crippen LogP contribution in [-0.2, 0) is 19.1 Å². The standard InChI is InChI=1S/C24H34O5/c1-14(25)24(29-15(2)26)11-8-19-17-13-23(5,28)20-12-16(27)6-9-21(20,3)18(17)7-10-22(19,24)4/h12,17-19,28H,6-11,13H2,1-5H3/t17-,18+,19+,21-,22+,23?,24+/m1/s1. The number of esters is 1. The second kappa shape index (κ2) is 6.26. The van der Waals surface area contributed by atoms with Gasteiger partial charge in [0.2, 0.25) is 0 Å². The Morgan fingerprint density at radius 2 is 1.72 bits per heavy atom. The van der Waals surface area contributed by atoms with Crippen molar-refractivity contribution in [2.45, 2.75) is 90.8 Å². The van der Waals surface area contributed by atoms with Crippen molar-refractivity contribution in [1.29, 1.82) is 0 Å². The van der Waals surface area contributed by atoms with Gasteiger partial charge in [-0.05, 0) is 87.2 Å². The monoisotopic (exact) mass is 402 g/mol. The van der Waals surface area contributed by atoms with Gasteiger partial charge in [-0.2, -0.15) is 0 Å². The largest absolute Gasteiger partial charge is 0.451 e. The normalized spacial score (nSPS) is 48.8. The molecule has 0 bridgehead atoms. The number of fused-ring (bicyclic) bond motifs is 5. The topological polar surface area (TPSA) is 80.7 Å². The molecule has 0 aromatic carbocycles. The molecule has 7 atom stereocenters. The van der Waals surface area contributed by atoms with Crippen molar-refractivity contribution in [3.8, 4) is 0 Å². The zero-order chi connectivity index (χ0) is 21.4. The Morgan fingerprint density at radius 3 is 2.34 bits per heavy atom. The van der Waals surface area contributed by atoms with Crippen LogP contribution >= 0.6 is 0 Å². The summed E-state index contributed by atoms with van der Waals surface area (Å²) in [6, 6.07) is 0. The predicted octanol–water partition coefficient (Wildman–Crippen LogP) is 3.77. The lowest BCUT2D eigenvalue weighted by Gasteiger charge is -2.62. The minimum atomic E-state index is -1.06. The smallest absolute Gasteiger partial charge is 0.303 e. The molecule has 1 unspecified atom stereocenters. The van der Waals surface area contributed by atoms with Crippen molar-refractivity contribution in [1.82, 2.24) is 0 Å². The molecule has 0 spiro atoms. The summed E-state index contributed by atoms with van der Waals surface area (Å²) in [6.45, 7) is 9.12.